The second-order valence-corrected chi connectivity index (χ2v) is 6.71. The fourth-order valence-electron chi connectivity index (χ4n) is 3.17. The zero-order chi connectivity index (χ0) is 14.7. The van der Waals surface area contributed by atoms with Crippen molar-refractivity contribution in [3.63, 3.8) is 0 Å². The van der Waals surface area contributed by atoms with E-state index in [0.717, 1.165) is 37.4 Å². The van der Waals surface area contributed by atoms with E-state index in [2.05, 4.69) is 46.5 Å². The molecule has 0 saturated heterocycles. The number of rotatable bonds is 5. The zero-order valence-corrected chi connectivity index (χ0v) is 13.3. The molecule has 1 N–H and O–H groups in total. The van der Waals surface area contributed by atoms with Crippen LogP contribution in [0.4, 0.5) is 0 Å². The summed E-state index contributed by atoms with van der Waals surface area (Å²) in [5, 5.41) is 13.1. The molecule has 3 nitrogen and oxygen atoms in total. The number of fused-ring (bicyclic) bond motifs is 1. The van der Waals surface area contributed by atoms with Gasteiger partial charge in [0.15, 0.2) is 0 Å². The molecule has 1 aromatic heterocycles. The van der Waals surface area contributed by atoms with Gasteiger partial charge in [0.05, 0.1) is 23.4 Å². The number of benzene rings is 1. The molecule has 0 bridgehead atoms. The molecule has 1 aromatic carbocycles. The number of aryl methyl sites for hydroxylation is 2. The molecule has 2 aromatic rings. The normalized spacial score (nSPS) is 18.7. The summed E-state index contributed by atoms with van der Waals surface area (Å²) in [5.41, 5.74) is 3.90. The molecule has 2 heterocycles. The Kier molecular flexibility index (Phi) is 4.68. The topological polar surface area (TPSA) is 36.4 Å². The van der Waals surface area contributed by atoms with E-state index in [-0.39, 0.29) is 12.6 Å². The van der Waals surface area contributed by atoms with Crippen LogP contribution in [-0.2, 0) is 12.8 Å². The molecule has 0 radical (unpaired) electrons. The number of aliphatic hydroxyl groups excluding tert-OH is 1. The van der Waals surface area contributed by atoms with Crippen molar-refractivity contribution in [1.82, 2.24) is 9.88 Å². The van der Waals surface area contributed by atoms with Crippen LogP contribution in [0.25, 0.3) is 0 Å². The summed E-state index contributed by atoms with van der Waals surface area (Å²) < 4.78 is 0. The van der Waals surface area contributed by atoms with Crippen molar-refractivity contribution in [2.75, 3.05) is 19.7 Å². The molecule has 0 aliphatic carbocycles. The molecule has 1 unspecified atom stereocenters. The summed E-state index contributed by atoms with van der Waals surface area (Å²) >= 11 is 1.72. The first-order chi connectivity index (χ1) is 10.3. The smallest absolute Gasteiger partial charge is 0.0897 e. The van der Waals surface area contributed by atoms with Gasteiger partial charge in [-0.05, 0) is 43.9 Å². The highest BCUT2D eigenvalue weighted by molar-refractivity contribution is 7.09. The summed E-state index contributed by atoms with van der Waals surface area (Å²) in [6.07, 6.45) is 3.21. The van der Waals surface area contributed by atoms with Crippen molar-refractivity contribution < 1.29 is 5.11 Å². The number of aromatic nitrogens is 1. The van der Waals surface area contributed by atoms with Gasteiger partial charge in [0.2, 0.25) is 0 Å². The van der Waals surface area contributed by atoms with Crippen LogP contribution in [0.1, 0.15) is 34.3 Å². The molecule has 4 heteroatoms. The first-order valence-electron chi connectivity index (χ1n) is 7.61. The number of hydrogen-bond acceptors (Lipinski definition) is 4. The molecule has 21 heavy (non-hydrogen) atoms. The molecule has 0 amide bonds. The van der Waals surface area contributed by atoms with E-state index in [4.69, 9.17) is 0 Å². The van der Waals surface area contributed by atoms with E-state index in [1.165, 1.54) is 16.8 Å². The molecular weight excluding hydrogens is 280 g/mol. The Morgan fingerprint density at radius 3 is 3.00 bits per heavy atom. The second kappa shape index (κ2) is 6.69. The zero-order valence-electron chi connectivity index (χ0n) is 12.5. The SMILES string of the molecule is Cc1nc(CCCN2CCc3ccccc3C2CO)cs1. The maximum atomic E-state index is 9.78. The van der Waals surface area contributed by atoms with Gasteiger partial charge in [-0.1, -0.05) is 24.3 Å². The van der Waals surface area contributed by atoms with E-state index >= 15 is 0 Å². The Bertz CT molecular complexity index is 596. The molecule has 0 spiro atoms. The third kappa shape index (κ3) is 3.34. The highest BCUT2D eigenvalue weighted by Gasteiger charge is 2.25. The number of hydrogen-bond donors (Lipinski definition) is 1. The fraction of sp³-hybridized carbons (Fsp3) is 0.471. The molecule has 112 valence electrons. The summed E-state index contributed by atoms with van der Waals surface area (Å²) in [6.45, 7) is 4.32. The second-order valence-electron chi connectivity index (χ2n) is 5.64. The summed E-state index contributed by atoms with van der Waals surface area (Å²) in [6, 6.07) is 8.67. The summed E-state index contributed by atoms with van der Waals surface area (Å²) in [5.74, 6) is 0. The van der Waals surface area contributed by atoms with Crippen LogP contribution in [0.15, 0.2) is 29.6 Å². The minimum atomic E-state index is 0.159. The molecule has 0 fully saturated rings. The van der Waals surface area contributed by atoms with Gasteiger partial charge in [0.1, 0.15) is 0 Å². The first-order valence-corrected chi connectivity index (χ1v) is 8.49. The third-order valence-corrected chi connectivity index (χ3v) is 5.06. The van der Waals surface area contributed by atoms with Crippen molar-refractivity contribution in [1.29, 1.82) is 0 Å². The number of nitrogens with zero attached hydrogens (tertiary/aromatic N) is 2. The standard InChI is InChI=1S/C17H22N2OS/c1-13-18-15(12-21-13)6-4-9-19-10-8-14-5-2-3-7-16(14)17(19)11-20/h2-3,5,7,12,17,20H,4,6,8-11H2,1H3. The van der Waals surface area contributed by atoms with Crippen LogP contribution in [0.5, 0.6) is 0 Å². The lowest BCUT2D eigenvalue weighted by atomic mass is 9.93. The maximum Gasteiger partial charge on any atom is 0.0897 e. The van der Waals surface area contributed by atoms with Crippen LogP contribution >= 0.6 is 11.3 Å². The largest absolute Gasteiger partial charge is 0.394 e. The molecule has 1 aliphatic heterocycles. The van der Waals surface area contributed by atoms with Gasteiger partial charge in [-0.2, -0.15) is 0 Å². The lowest BCUT2D eigenvalue weighted by Gasteiger charge is -2.36. The van der Waals surface area contributed by atoms with Gasteiger partial charge < -0.3 is 5.11 Å². The van der Waals surface area contributed by atoms with Gasteiger partial charge in [0, 0.05) is 11.9 Å². The Labute approximate surface area is 130 Å². The van der Waals surface area contributed by atoms with Crippen molar-refractivity contribution in [2.24, 2.45) is 0 Å². The highest BCUT2D eigenvalue weighted by atomic mass is 32.1. The predicted molar refractivity (Wildman–Crippen MR) is 86.7 cm³/mol. The average molecular weight is 302 g/mol. The van der Waals surface area contributed by atoms with Gasteiger partial charge in [-0.25, -0.2) is 4.98 Å². The van der Waals surface area contributed by atoms with Crippen LogP contribution < -0.4 is 0 Å². The van der Waals surface area contributed by atoms with Crippen LogP contribution in [0.3, 0.4) is 0 Å². The van der Waals surface area contributed by atoms with Crippen molar-refractivity contribution in [2.45, 2.75) is 32.2 Å². The number of thiazole rings is 1. The van der Waals surface area contributed by atoms with Gasteiger partial charge in [-0.3, -0.25) is 4.90 Å². The van der Waals surface area contributed by atoms with E-state index < -0.39 is 0 Å². The Morgan fingerprint density at radius 1 is 1.38 bits per heavy atom. The molecule has 3 rings (SSSR count). The van der Waals surface area contributed by atoms with E-state index in [1.54, 1.807) is 11.3 Å². The van der Waals surface area contributed by atoms with E-state index in [9.17, 15) is 5.11 Å². The maximum absolute atomic E-state index is 9.78. The Hall–Kier alpha value is -1.23. The van der Waals surface area contributed by atoms with E-state index in [1.807, 2.05) is 0 Å². The van der Waals surface area contributed by atoms with Crippen molar-refractivity contribution in [3.05, 3.63) is 51.5 Å². The van der Waals surface area contributed by atoms with Gasteiger partial charge >= 0.3 is 0 Å². The van der Waals surface area contributed by atoms with E-state index in [0.29, 0.717) is 0 Å². The van der Waals surface area contributed by atoms with Gasteiger partial charge in [0.25, 0.3) is 0 Å². The predicted octanol–water partition coefficient (Wildman–Crippen LogP) is 2.98. The average Bonchev–Trinajstić information content (AvgIpc) is 2.92. The van der Waals surface area contributed by atoms with Gasteiger partial charge in [-0.15, -0.1) is 11.3 Å². The van der Waals surface area contributed by atoms with Crippen LogP contribution in [0, 0.1) is 6.92 Å². The number of aliphatic hydroxyl groups is 1. The minimum Gasteiger partial charge on any atom is -0.394 e. The van der Waals surface area contributed by atoms with Crippen molar-refractivity contribution >= 4 is 11.3 Å². The lowest BCUT2D eigenvalue weighted by molar-refractivity contribution is 0.113. The highest BCUT2D eigenvalue weighted by Crippen LogP contribution is 2.29. The van der Waals surface area contributed by atoms with Crippen molar-refractivity contribution in [3.8, 4) is 0 Å². The molecule has 1 atom stereocenters. The third-order valence-electron chi connectivity index (χ3n) is 4.24. The molecule has 0 saturated carbocycles. The first kappa shape index (κ1) is 14.7. The quantitative estimate of drug-likeness (QED) is 0.922. The lowest BCUT2D eigenvalue weighted by Crippen LogP contribution is -2.38. The fourth-order valence-corrected chi connectivity index (χ4v) is 3.82. The Balaban J connectivity index is 1.61. The van der Waals surface area contributed by atoms with Crippen LogP contribution in [0.2, 0.25) is 0 Å². The molecular formula is C17H22N2OS. The summed E-state index contributed by atoms with van der Waals surface area (Å²) in [7, 11) is 0. The monoisotopic (exact) mass is 302 g/mol. The summed E-state index contributed by atoms with van der Waals surface area (Å²) in [4.78, 5) is 6.94. The Morgan fingerprint density at radius 2 is 2.24 bits per heavy atom. The molecule has 1 aliphatic rings. The minimum absolute atomic E-state index is 0.159. The van der Waals surface area contributed by atoms with Crippen LogP contribution in [-0.4, -0.2) is 34.7 Å².